The Labute approximate surface area is 145 Å². The van der Waals surface area contributed by atoms with Crippen molar-refractivity contribution in [1.29, 1.82) is 0 Å². The van der Waals surface area contributed by atoms with E-state index in [2.05, 4.69) is 5.10 Å². The van der Waals surface area contributed by atoms with Crippen LogP contribution in [0, 0.1) is 6.92 Å². The van der Waals surface area contributed by atoms with E-state index >= 15 is 0 Å². The minimum atomic E-state index is -0.333. The van der Waals surface area contributed by atoms with E-state index in [1.807, 2.05) is 44.2 Å². The van der Waals surface area contributed by atoms with Gasteiger partial charge in [0.1, 0.15) is 5.92 Å². The molecule has 1 aliphatic heterocycles. The maximum atomic E-state index is 12.7. The Morgan fingerprint density at radius 2 is 1.78 bits per heavy atom. The zero-order valence-electron chi connectivity index (χ0n) is 12.8. The first-order valence-corrected chi connectivity index (χ1v) is 8.11. The molecule has 1 aliphatic rings. The molecule has 2 aromatic rings. The molecule has 23 heavy (non-hydrogen) atoms. The molecule has 2 unspecified atom stereocenters. The predicted octanol–water partition coefficient (Wildman–Crippen LogP) is 4.97. The summed E-state index contributed by atoms with van der Waals surface area (Å²) >= 11 is 12.0. The van der Waals surface area contributed by atoms with E-state index in [4.69, 9.17) is 23.2 Å². The largest absolute Gasteiger partial charge is 0.272 e. The maximum Gasteiger partial charge on any atom is 0.256 e. The van der Waals surface area contributed by atoms with Crippen molar-refractivity contribution in [2.45, 2.75) is 25.8 Å². The molecule has 0 aromatic heterocycles. The number of hydrogen-bond donors (Lipinski definition) is 0. The monoisotopic (exact) mass is 346 g/mol. The van der Waals surface area contributed by atoms with Crippen molar-refractivity contribution in [3.8, 4) is 0 Å². The van der Waals surface area contributed by atoms with Crippen LogP contribution < -0.4 is 0 Å². The SMILES string of the molecule is Cc1ccc(C2C=NN(C(C)c3ccc(Cl)c(Cl)c3)C2=O)cc1. The van der Waals surface area contributed by atoms with Crippen LogP contribution in [0.15, 0.2) is 47.6 Å². The second-order valence-corrected chi connectivity index (χ2v) is 6.50. The summed E-state index contributed by atoms with van der Waals surface area (Å²) in [7, 11) is 0. The molecule has 0 radical (unpaired) electrons. The lowest BCUT2D eigenvalue weighted by Crippen LogP contribution is -2.28. The quantitative estimate of drug-likeness (QED) is 0.771. The molecular weight excluding hydrogens is 331 g/mol. The lowest BCUT2D eigenvalue weighted by molar-refractivity contribution is -0.131. The molecule has 3 nitrogen and oxygen atoms in total. The first-order chi connectivity index (χ1) is 11.0. The average Bonchev–Trinajstić information content (AvgIpc) is 2.92. The van der Waals surface area contributed by atoms with Crippen LogP contribution in [0.5, 0.6) is 0 Å². The molecule has 3 rings (SSSR count). The minimum Gasteiger partial charge on any atom is -0.272 e. The molecule has 0 N–H and O–H groups in total. The van der Waals surface area contributed by atoms with Crippen LogP contribution in [0.25, 0.3) is 0 Å². The highest BCUT2D eigenvalue weighted by atomic mass is 35.5. The van der Waals surface area contributed by atoms with Gasteiger partial charge in [-0.3, -0.25) is 4.79 Å². The second-order valence-electron chi connectivity index (χ2n) is 5.69. The maximum absolute atomic E-state index is 12.7. The summed E-state index contributed by atoms with van der Waals surface area (Å²) in [5, 5.41) is 6.78. The number of carbonyl (C=O) groups is 1. The number of carbonyl (C=O) groups excluding carboxylic acids is 1. The van der Waals surface area contributed by atoms with Crippen LogP contribution in [0.1, 0.15) is 35.6 Å². The van der Waals surface area contributed by atoms with E-state index in [0.29, 0.717) is 10.0 Å². The lowest BCUT2D eigenvalue weighted by Gasteiger charge is -2.22. The van der Waals surface area contributed by atoms with Crippen LogP contribution in [-0.2, 0) is 4.79 Å². The molecule has 0 aliphatic carbocycles. The van der Waals surface area contributed by atoms with Crippen LogP contribution in [-0.4, -0.2) is 17.1 Å². The van der Waals surface area contributed by atoms with Crippen LogP contribution >= 0.6 is 23.2 Å². The zero-order chi connectivity index (χ0) is 16.6. The van der Waals surface area contributed by atoms with Crippen molar-refractivity contribution < 1.29 is 4.79 Å². The fraction of sp³-hybridized carbons (Fsp3) is 0.222. The van der Waals surface area contributed by atoms with Crippen molar-refractivity contribution in [2.75, 3.05) is 0 Å². The summed E-state index contributed by atoms with van der Waals surface area (Å²) in [4.78, 5) is 12.7. The van der Waals surface area contributed by atoms with Crippen molar-refractivity contribution in [1.82, 2.24) is 5.01 Å². The van der Waals surface area contributed by atoms with Gasteiger partial charge in [-0.05, 0) is 37.1 Å². The normalized spacial score (nSPS) is 18.5. The highest BCUT2D eigenvalue weighted by Crippen LogP contribution is 2.32. The van der Waals surface area contributed by atoms with Gasteiger partial charge in [0.15, 0.2) is 0 Å². The molecule has 2 atom stereocenters. The summed E-state index contributed by atoms with van der Waals surface area (Å²) in [6.07, 6.45) is 1.70. The minimum absolute atomic E-state index is 0.0348. The Morgan fingerprint density at radius 1 is 1.09 bits per heavy atom. The van der Waals surface area contributed by atoms with Gasteiger partial charge in [0, 0.05) is 6.21 Å². The number of hydrazone groups is 1. The van der Waals surface area contributed by atoms with Crippen LogP contribution in [0.3, 0.4) is 0 Å². The van der Waals surface area contributed by atoms with Crippen LogP contribution in [0.4, 0.5) is 0 Å². The molecule has 0 bridgehead atoms. The van der Waals surface area contributed by atoms with Gasteiger partial charge in [0.25, 0.3) is 5.91 Å². The van der Waals surface area contributed by atoms with Gasteiger partial charge in [-0.25, -0.2) is 5.01 Å². The number of aryl methyl sites for hydroxylation is 1. The highest BCUT2D eigenvalue weighted by molar-refractivity contribution is 6.42. The molecule has 118 valence electrons. The van der Waals surface area contributed by atoms with E-state index < -0.39 is 0 Å². The summed E-state index contributed by atoms with van der Waals surface area (Å²) in [6, 6.07) is 13.1. The third kappa shape index (κ3) is 3.12. The molecular formula is C18H16Cl2N2O. The zero-order valence-corrected chi connectivity index (χ0v) is 14.3. The number of hydrogen-bond acceptors (Lipinski definition) is 2. The van der Waals surface area contributed by atoms with Crippen molar-refractivity contribution in [3.63, 3.8) is 0 Å². The third-order valence-electron chi connectivity index (χ3n) is 4.06. The summed E-state index contributed by atoms with van der Waals surface area (Å²) in [5.74, 6) is -0.367. The number of benzene rings is 2. The molecule has 2 aromatic carbocycles. The Hall–Kier alpha value is -1.84. The fourth-order valence-corrected chi connectivity index (χ4v) is 2.91. The number of amides is 1. The van der Waals surface area contributed by atoms with Gasteiger partial charge in [-0.2, -0.15) is 5.10 Å². The molecule has 5 heteroatoms. The molecule has 0 spiro atoms. The van der Waals surface area contributed by atoms with Crippen molar-refractivity contribution >= 4 is 35.3 Å². The number of rotatable bonds is 3. The molecule has 0 saturated carbocycles. The molecule has 0 saturated heterocycles. The standard InChI is InChI=1S/C18H16Cl2N2O/c1-11-3-5-13(6-4-11)15-10-21-22(18(15)23)12(2)14-7-8-16(19)17(20)9-14/h3-10,12,15H,1-2H3. The van der Waals surface area contributed by atoms with Crippen molar-refractivity contribution in [3.05, 3.63) is 69.2 Å². The lowest BCUT2D eigenvalue weighted by atomic mass is 9.98. The summed E-state index contributed by atoms with van der Waals surface area (Å²) in [6.45, 7) is 3.94. The first-order valence-electron chi connectivity index (χ1n) is 7.36. The summed E-state index contributed by atoms with van der Waals surface area (Å²) < 4.78 is 0. The molecule has 0 fully saturated rings. The van der Waals surface area contributed by atoms with Gasteiger partial charge in [-0.15, -0.1) is 0 Å². The highest BCUT2D eigenvalue weighted by Gasteiger charge is 2.33. The van der Waals surface area contributed by atoms with Gasteiger partial charge < -0.3 is 0 Å². The van der Waals surface area contributed by atoms with Gasteiger partial charge in [0.2, 0.25) is 0 Å². The Morgan fingerprint density at radius 3 is 2.43 bits per heavy atom. The Balaban J connectivity index is 1.82. The summed E-state index contributed by atoms with van der Waals surface area (Å²) in [5.41, 5.74) is 3.01. The average molecular weight is 347 g/mol. The van der Waals surface area contributed by atoms with E-state index in [1.165, 1.54) is 5.01 Å². The van der Waals surface area contributed by atoms with E-state index in [0.717, 1.165) is 16.7 Å². The smallest absolute Gasteiger partial charge is 0.256 e. The Bertz CT molecular complexity index is 771. The molecule has 1 heterocycles. The van der Waals surface area contributed by atoms with Crippen molar-refractivity contribution in [2.24, 2.45) is 5.10 Å². The van der Waals surface area contributed by atoms with E-state index in [9.17, 15) is 4.79 Å². The topological polar surface area (TPSA) is 32.7 Å². The Kier molecular flexibility index (Phi) is 4.42. The van der Waals surface area contributed by atoms with Gasteiger partial charge in [0.05, 0.1) is 16.1 Å². The van der Waals surface area contributed by atoms with Gasteiger partial charge >= 0.3 is 0 Å². The van der Waals surface area contributed by atoms with E-state index in [-0.39, 0.29) is 17.9 Å². The first kappa shape index (κ1) is 16.0. The fourth-order valence-electron chi connectivity index (χ4n) is 2.61. The second kappa shape index (κ2) is 6.34. The van der Waals surface area contributed by atoms with E-state index in [1.54, 1.807) is 18.3 Å². The van der Waals surface area contributed by atoms with Gasteiger partial charge in [-0.1, -0.05) is 59.1 Å². The predicted molar refractivity (Wildman–Crippen MR) is 94.1 cm³/mol. The third-order valence-corrected chi connectivity index (χ3v) is 4.80. The number of nitrogens with zero attached hydrogens (tertiary/aromatic N) is 2. The van der Waals surface area contributed by atoms with Crippen LogP contribution in [0.2, 0.25) is 10.0 Å². The molecule has 1 amide bonds. The number of halogens is 2.